The van der Waals surface area contributed by atoms with E-state index in [0.29, 0.717) is 23.8 Å². The van der Waals surface area contributed by atoms with Gasteiger partial charge in [0.1, 0.15) is 5.75 Å². The number of amides is 1. The molecule has 0 radical (unpaired) electrons. The quantitative estimate of drug-likeness (QED) is 0.767. The van der Waals surface area contributed by atoms with Gasteiger partial charge in [-0.15, -0.1) is 0 Å². The molecule has 0 saturated heterocycles. The number of carbonyl (C=O) groups excluding carboxylic acids is 2. The van der Waals surface area contributed by atoms with Crippen LogP contribution in [-0.4, -0.2) is 31.9 Å². The van der Waals surface area contributed by atoms with E-state index in [1.165, 1.54) is 0 Å². The largest absolute Gasteiger partial charge is 0.494 e. The molecule has 0 saturated carbocycles. The monoisotopic (exact) mass is 357 g/mol. The highest BCUT2D eigenvalue weighted by Gasteiger charge is 2.15. The molecule has 7 nitrogen and oxygen atoms in total. The van der Waals surface area contributed by atoms with Crippen LogP contribution in [0.3, 0.4) is 0 Å². The Morgan fingerprint density at radius 3 is 2.62 bits per heavy atom. The molecule has 0 atom stereocenters. The van der Waals surface area contributed by atoms with Crippen molar-refractivity contribution >= 4 is 17.6 Å². The second kappa shape index (κ2) is 8.24. The minimum Gasteiger partial charge on any atom is -0.494 e. The van der Waals surface area contributed by atoms with Crippen LogP contribution in [0.2, 0.25) is 0 Å². The smallest absolute Gasteiger partial charge is 0.310 e. The first-order valence-electron chi connectivity index (χ1n) is 8.21. The Bertz CT molecular complexity index is 787. The molecule has 1 aliphatic heterocycles. The van der Waals surface area contributed by atoms with E-state index < -0.39 is 11.9 Å². The van der Waals surface area contributed by atoms with Crippen molar-refractivity contribution in [2.75, 3.05) is 25.3 Å². The zero-order valence-electron chi connectivity index (χ0n) is 14.3. The minimum absolute atomic E-state index is 0.0870. The van der Waals surface area contributed by atoms with Gasteiger partial charge in [-0.05, 0) is 36.8 Å². The molecule has 1 N–H and O–H groups in total. The van der Waals surface area contributed by atoms with E-state index in [1.807, 2.05) is 6.92 Å². The molecule has 0 spiro atoms. The minimum atomic E-state index is -0.477. The molecule has 0 bridgehead atoms. The summed E-state index contributed by atoms with van der Waals surface area (Å²) < 4.78 is 20.8. The first-order chi connectivity index (χ1) is 12.6. The van der Waals surface area contributed by atoms with E-state index in [4.69, 9.17) is 18.9 Å². The summed E-state index contributed by atoms with van der Waals surface area (Å²) in [6.45, 7) is 2.29. The number of rotatable bonds is 7. The van der Waals surface area contributed by atoms with Gasteiger partial charge >= 0.3 is 5.97 Å². The summed E-state index contributed by atoms with van der Waals surface area (Å²) in [4.78, 5) is 23.8. The van der Waals surface area contributed by atoms with E-state index in [1.54, 1.807) is 42.5 Å². The van der Waals surface area contributed by atoms with Crippen molar-refractivity contribution in [2.24, 2.45) is 0 Å². The maximum atomic E-state index is 11.9. The van der Waals surface area contributed by atoms with Crippen LogP contribution >= 0.6 is 0 Å². The maximum absolute atomic E-state index is 11.9. The lowest BCUT2D eigenvalue weighted by molar-refractivity contribution is -0.146. The lowest BCUT2D eigenvalue weighted by atomic mass is 10.1. The SMILES string of the molecule is CCOc1ccc(CC(=O)OCC(=O)Nc2ccc3c(c2)OCO3)cc1. The fraction of sp³-hybridized carbons (Fsp3) is 0.263. The molecule has 0 aromatic heterocycles. The molecule has 1 amide bonds. The Morgan fingerprint density at radius 2 is 1.85 bits per heavy atom. The normalized spacial score (nSPS) is 11.7. The van der Waals surface area contributed by atoms with Crippen molar-refractivity contribution in [1.29, 1.82) is 0 Å². The van der Waals surface area contributed by atoms with E-state index >= 15 is 0 Å². The molecule has 2 aromatic rings. The van der Waals surface area contributed by atoms with Crippen LogP contribution in [-0.2, 0) is 20.7 Å². The summed E-state index contributed by atoms with van der Waals surface area (Å²) in [6, 6.07) is 12.2. The molecule has 136 valence electrons. The second-order valence-corrected chi connectivity index (χ2v) is 5.53. The number of carbonyl (C=O) groups is 2. The van der Waals surface area contributed by atoms with Crippen molar-refractivity contribution < 1.29 is 28.5 Å². The van der Waals surface area contributed by atoms with Crippen LogP contribution in [0.4, 0.5) is 5.69 Å². The fourth-order valence-corrected chi connectivity index (χ4v) is 2.41. The van der Waals surface area contributed by atoms with Gasteiger partial charge in [0.05, 0.1) is 13.0 Å². The van der Waals surface area contributed by atoms with Gasteiger partial charge in [0, 0.05) is 11.8 Å². The van der Waals surface area contributed by atoms with Crippen LogP contribution < -0.4 is 19.5 Å². The molecule has 0 aliphatic carbocycles. The highest BCUT2D eigenvalue weighted by Crippen LogP contribution is 2.34. The Hall–Kier alpha value is -3.22. The number of hydrogen-bond acceptors (Lipinski definition) is 6. The number of hydrogen-bond donors (Lipinski definition) is 1. The van der Waals surface area contributed by atoms with Gasteiger partial charge in [-0.1, -0.05) is 12.1 Å². The topological polar surface area (TPSA) is 83.1 Å². The molecule has 2 aromatic carbocycles. The molecule has 1 aliphatic rings. The first-order valence-corrected chi connectivity index (χ1v) is 8.21. The molecule has 7 heteroatoms. The van der Waals surface area contributed by atoms with Crippen molar-refractivity contribution in [3.8, 4) is 17.2 Å². The van der Waals surface area contributed by atoms with E-state index in [9.17, 15) is 9.59 Å². The van der Waals surface area contributed by atoms with Gasteiger partial charge < -0.3 is 24.3 Å². The predicted molar refractivity (Wildman–Crippen MR) is 93.5 cm³/mol. The van der Waals surface area contributed by atoms with Gasteiger partial charge in [0.2, 0.25) is 6.79 Å². The Labute approximate surface area is 150 Å². The Balaban J connectivity index is 1.44. The molecule has 26 heavy (non-hydrogen) atoms. The third-order valence-electron chi connectivity index (χ3n) is 3.60. The summed E-state index contributed by atoms with van der Waals surface area (Å²) in [5.41, 5.74) is 1.33. The standard InChI is InChI=1S/C19H19NO6/c1-2-23-15-6-3-13(4-7-15)9-19(22)24-11-18(21)20-14-5-8-16-17(10-14)26-12-25-16/h3-8,10H,2,9,11-12H2,1H3,(H,20,21). The number of fused-ring (bicyclic) bond motifs is 1. The molecular formula is C19H19NO6. The zero-order valence-corrected chi connectivity index (χ0v) is 14.3. The molecule has 1 heterocycles. The van der Waals surface area contributed by atoms with Crippen LogP contribution in [0.1, 0.15) is 12.5 Å². The number of nitrogens with one attached hydrogen (secondary N) is 1. The van der Waals surface area contributed by atoms with Gasteiger partial charge in [-0.25, -0.2) is 0 Å². The maximum Gasteiger partial charge on any atom is 0.310 e. The van der Waals surface area contributed by atoms with Crippen molar-refractivity contribution in [2.45, 2.75) is 13.3 Å². The lowest BCUT2D eigenvalue weighted by Crippen LogP contribution is -2.21. The number of anilines is 1. The van der Waals surface area contributed by atoms with Crippen LogP contribution in [0.25, 0.3) is 0 Å². The van der Waals surface area contributed by atoms with Crippen molar-refractivity contribution in [1.82, 2.24) is 0 Å². The summed E-state index contributed by atoms with van der Waals surface area (Å²) >= 11 is 0. The van der Waals surface area contributed by atoms with Gasteiger partial charge in [0.15, 0.2) is 18.1 Å². The van der Waals surface area contributed by atoms with Crippen molar-refractivity contribution in [3.05, 3.63) is 48.0 Å². The first kappa shape index (κ1) is 17.6. The Morgan fingerprint density at radius 1 is 1.08 bits per heavy atom. The summed E-state index contributed by atoms with van der Waals surface area (Å²) in [5, 5.41) is 2.64. The average molecular weight is 357 g/mol. The van der Waals surface area contributed by atoms with Crippen LogP contribution in [0.5, 0.6) is 17.2 Å². The fourth-order valence-electron chi connectivity index (χ4n) is 2.41. The number of ether oxygens (including phenoxy) is 4. The molecule has 0 unspecified atom stereocenters. The van der Waals surface area contributed by atoms with Crippen LogP contribution in [0.15, 0.2) is 42.5 Å². The van der Waals surface area contributed by atoms with Crippen molar-refractivity contribution in [3.63, 3.8) is 0 Å². The lowest BCUT2D eigenvalue weighted by Gasteiger charge is -2.08. The second-order valence-electron chi connectivity index (χ2n) is 5.53. The zero-order chi connectivity index (χ0) is 18.4. The summed E-state index contributed by atoms with van der Waals surface area (Å²) in [5.74, 6) is 1.03. The summed E-state index contributed by atoms with van der Waals surface area (Å²) in [6.07, 6.45) is 0.0870. The van der Waals surface area contributed by atoms with E-state index in [0.717, 1.165) is 11.3 Å². The molecular weight excluding hydrogens is 338 g/mol. The van der Waals surface area contributed by atoms with E-state index in [2.05, 4.69) is 5.32 Å². The highest BCUT2D eigenvalue weighted by atomic mass is 16.7. The van der Waals surface area contributed by atoms with Gasteiger partial charge in [-0.2, -0.15) is 0 Å². The van der Waals surface area contributed by atoms with Crippen LogP contribution in [0, 0.1) is 0 Å². The van der Waals surface area contributed by atoms with Gasteiger partial charge in [-0.3, -0.25) is 9.59 Å². The predicted octanol–water partition coefficient (Wildman–Crippen LogP) is 2.54. The number of benzene rings is 2. The van der Waals surface area contributed by atoms with E-state index in [-0.39, 0.29) is 19.8 Å². The van der Waals surface area contributed by atoms with Gasteiger partial charge in [0.25, 0.3) is 5.91 Å². The number of esters is 1. The third kappa shape index (κ3) is 4.66. The third-order valence-corrected chi connectivity index (χ3v) is 3.60. The average Bonchev–Trinajstić information content (AvgIpc) is 3.10. The Kier molecular flexibility index (Phi) is 5.58. The summed E-state index contributed by atoms with van der Waals surface area (Å²) in [7, 11) is 0. The molecule has 0 fully saturated rings. The molecule has 3 rings (SSSR count). The highest BCUT2D eigenvalue weighted by molar-refractivity contribution is 5.93.